The van der Waals surface area contributed by atoms with Gasteiger partial charge in [-0.25, -0.2) is 19.1 Å². The molecule has 0 aromatic carbocycles. The summed E-state index contributed by atoms with van der Waals surface area (Å²) in [5.41, 5.74) is 0. The van der Waals surface area contributed by atoms with Crippen molar-refractivity contribution in [2.24, 2.45) is 14.1 Å². The summed E-state index contributed by atoms with van der Waals surface area (Å²) >= 11 is 0. The zero-order valence-corrected chi connectivity index (χ0v) is 11.4. The summed E-state index contributed by atoms with van der Waals surface area (Å²) in [6.07, 6.45) is 15.6. The molecule has 98 valence electrons. The van der Waals surface area contributed by atoms with Crippen molar-refractivity contribution in [3.05, 3.63) is 36.4 Å². The van der Waals surface area contributed by atoms with Gasteiger partial charge in [0.25, 0.3) is 11.6 Å². The van der Waals surface area contributed by atoms with Crippen molar-refractivity contribution in [2.45, 2.75) is 38.5 Å². The average Bonchev–Trinajstić information content (AvgIpc) is 2.94. The lowest BCUT2D eigenvalue weighted by molar-refractivity contribution is -0.678. The van der Waals surface area contributed by atoms with Crippen LogP contribution in [-0.4, -0.2) is 9.97 Å². The number of nitrogens with one attached hydrogen (secondary N) is 2. The van der Waals surface area contributed by atoms with Crippen LogP contribution in [-0.2, 0) is 26.9 Å². The van der Waals surface area contributed by atoms with E-state index in [1.807, 2.05) is 12.4 Å². The van der Waals surface area contributed by atoms with Crippen LogP contribution in [0.25, 0.3) is 0 Å². The van der Waals surface area contributed by atoms with Gasteiger partial charge in [0, 0.05) is 12.8 Å². The molecule has 2 aromatic rings. The van der Waals surface area contributed by atoms with Crippen molar-refractivity contribution >= 4 is 0 Å². The van der Waals surface area contributed by atoms with Crippen LogP contribution < -0.4 is 9.13 Å². The highest BCUT2D eigenvalue weighted by Crippen LogP contribution is 2.05. The smallest absolute Gasteiger partial charge is 0.248 e. The van der Waals surface area contributed by atoms with Crippen molar-refractivity contribution in [3.63, 3.8) is 0 Å². The number of hydrogen-bond donors (Lipinski definition) is 2. The summed E-state index contributed by atoms with van der Waals surface area (Å²) in [4.78, 5) is 6.56. The molecule has 0 aliphatic heterocycles. The molecule has 0 spiro atoms. The number of rotatable bonds is 7. The minimum Gasteiger partial charge on any atom is -0.248 e. The molecule has 2 N–H and O–H groups in total. The Morgan fingerprint density at radius 2 is 1.22 bits per heavy atom. The molecule has 4 nitrogen and oxygen atoms in total. The number of aromatic nitrogens is 4. The quantitative estimate of drug-likeness (QED) is 0.548. The van der Waals surface area contributed by atoms with Crippen LogP contribution in [0.15, 0.2) is 24.8 Å². The summed E-state index contributed by atoms with van der Waals surface area (Å²) in [5, 5.41) is 0. The Bertz CT molecular complexity index is 425. The van der Waals surface area contributed by atoms with E-state index in [4.69, 9.17) is 0 Å². The summed E-state index contributed by atoms with van der Waals surface area (Å²) < 4.78 is 4.33. The lowest BCUT2D eigenvalue weighted by atomic mass is 10.1. The van der Waals surface area contributed by atoms with Gasteiger partial charge in [0.05, 0.1) is 14.1 Å². The van der Waals surface area contributed by atoms with E-state index in [2.05, 4.69) is 45.6 Å². The minimum absolute atomic E-state index is 1.15. The fraction of sp³-hybridized carbons (Fsp3) is 0.571. The first-order chi connectivity index (χ1) is 8.77. The number of imidazole rings is 2. The molecular weight excluding hydrogens is 224 g/mol. The second kappa shape index (κ2) is 6.38. The van der Waals surface area contributed by atoms with Crippen LogP contribution in [0.5, 0.6) is 0 Å². The molecule has 2 rings (SSSR count). The van der Waals surface area contributed by atoms with Crippen molar-refractivity contribution in [1.29, 1.82) is 0 Å². The Morgan fingerprint density at radius 3 is 1.56 bits per heavy atom. The number of aryl methyl sites for hydroxylation is 4. The molecular formula is C14H24N4+2. The monoisotopic (exact) mass is 248 g/mol. The summed E-state index contributed by atoms with van der Waals surface area (Å²) in [5.74, 6) is 2.65. The first-order valence-corrected chi connectivity index (χ1v) is 6.81. The molecule has 0 amide bonds. The fourth-order valence-electron chi connectivity index (χ4n) is 2.31. The van der Waals surface area contributed by atoms with Gasteiger partial charge in [-0.15, -0.1) is 0 Å². The Labute approximate surface area is 109 Å². The number of nitrogens with zero attached hydrogens (tertiary/aromatic N) is 2. The molecule has 4 heteroatoms. The first kappa shape index (κ1) is 12.9. The van der Waals surface area contributed by atoms with E-state index < -0.39 is 0 Å². The van der Waals surface area contributed by atoms with E-state index in [9.17, 15) is 0 Å². The van der Waals surface area contributed by atoms with Crippen LogP contribution >= 0.6 is 0 Å². The molecule has 0 aliphatic rings. The van der Waals surface area contributed by atoms with Crippen LogP contribution in [0.1, 0.15) is 37.3 Å². The molecule has 0 unspecified atom stereocenters. The third-order valence-electron chi connectivity index (χ3n) is 3.52. The highest BCUT2D eigenvalue weighted by atomic mass is 15.0. The van der Waals surface area contributed by atoms with E-state index in [0.29, 0.717) is 0 Å². The fourth-order valence-corrected chi connectivity index (χ4v) is 2.31. The van der Waals surface area contributed by atoms with Gasteiger partial charge in [-0.1, -0.05) is 12.8 Å². The highest BCUT2D eigenvalue weighted by molar-refractivity contribution is 4.78. The van der Waals surface area contributed by atoms with Gasteiger partial charge in [0.15, 0.2) is 0 Å². The second-order valence-corrected chi connectivity index (χ2v) is 4.95. The second-order valence-electron chi connectivity index (χ2n) is 4.95. The van der Waals surface area contributed by atoms with Gasteiger partial charge < -0.3 is 0 Å². The topological polar surface area (TPSA) is 39.3 Å². The molecule has 0 fully saturated rings. The molecule has 18 heavy (non-hydrogen) atoms. The van der Waals surface area contributed by atoms with Gasteiger partial charge in [-0.05, 0) is 12.8 Å². The summed E-state index contributed by atoms with van der Waals surface area (Å²) in [6, 6.07) is 0. The van der Waals surface area contributed by atoms with Crippen molar-refractivity contribution in [2.75, 3.05) is 0 Å². The lowest BCUT2D eigenvalue weighted by Crippen LogP contribution is -2.30. The van der Waals surface area contributed by atoms with Crippen LogP contribution in [0.4, 0.5) is 0 Å². The Kier molecular flexibility index (Phi) is 4.56. The molecule has 0 atom stereocenters. The molecule has 0 saturated carbocycles. The van der Waals surface area contributed by atoms with Crippen LogP contribution in [0, 0.1) is 0 Å². The zero-order valence-electron chi connectivity index (χ0n) is 11.4. The largest absolute Gasteiger partial charge is 0.253 e. The number of hydrogen-bond acceptors (Lipinski definition) is 0. The Balaban J connectivity index is 1.57. The van der Waals surface area contributed by atoms with Crippen molar-refractivity contribution in [3.8, 4) is 0 Å². The predicted octanol–water partition coefficient (Wildman–Crippen LogP) is 1.34. The molecule has 0 saturated heterocycles. The van der Waals surface area contributed by atoms with E-state index in [1.165, 1.54) is 37.3 Å². The zero-order chi connectivity index (χ0) is 12.8. The molecule has 2 aromatic heterocycles. The van der Waals surface area contributed by atoms with Crippen LogP contribution in [0.2, 0.25) is 0 Å². The number of unbranched alkanes of at least 4 members (excludes halogenated alkanes) is 3. The molecule has 2 heterocycles. The molecule has 0 aliphatic carbocycles. The van der Waals surface area contributed by atoms with Crippen molar-refractivity contribution in [1.82, 2.24) is 9.97 Å². The third kappa shape index (κ3) is 3.45. The SMILES string of the molecule is C[n+]1cc[nH]c1CCCCCCc1[nH]cc[n+]1C. The van der Waals surface area contributed by atoms with Gasteiger partial charge in [0.2, 0.25) is 0 Å². The van der Waals surface area contributed by atoms with Gasteiger partial charge in [0.1, 0.15) is 24.8 Å². The normalized spacial score (nSPS) is 11.0. The van der Waals surface area contributed by atoms with E-state index in [0.717, 1.165) is 12.8 Å². The maximum Gasteiger partial charge on any atom is 0.253 e. The Morgan fingerprint density at radius 1 is 0.778 bits per heavy atom. The number of H-pyrrole nitrogens is 2. The molecule has 0 bridgehead atoms. The van der Waals surface area contributed by atoms with Crippen LogP contribution in [0.3, 0.4) is 0 Å². The Hall–Kier alpha value is -1.58. The standard InChI is InChI=1S/C14H22N4/c1-17-11-9-15-13(17)7-5-3-4-6-8-14-16-10-12-18(14)2/h9-12H,3-8H2,1-2H3/p+2. The minimum atomic E-state index is 1.15. The number of aromatic amines is 2. The van der Waals surface area contributed by atoms with Gasteiger partial charge in [-0.3, -0.25) is 0 Å². The lowest BCUT2D eigenvalue weighted by Gasteiger charge is -1.98. The van der Waals surface area contributed by atoms with E-state index in [-0.39, 0.29) is 0 Å². The first-order valence-electron chi connectivity index (χ1n) is 6.81. The average molecular weight is 248 g/mol. The molecule has 0 radical (unpaired) electrons. The van der Waals surface area contributed by atoms with Crippen molar-refractivity contribution < 1.29 is 9.13 Å². The summed E-state index contributed by atoms with van der Waals surface area (Å²) in [7, 11) is 4.19. The summed E-state index contributed by atoms with van der Waals surface area (Å²) in [6.45, 7) is 0. The van der Waals surface area contributed by atoms with E-state index >= 15 is 0 Å². The maximum absolute atomic E-state index is 3.28. The third-order valence-corrected chi connectivity index (χ3v) is 3.52. The van der Waals surface area contributed by atoms with E-state index in [1.54, 1.807) is 0 Å². The maximum atomic E-state index is 3.28. The highest BCUT2D eigenvalue weighted by Gasteiger charge is 2.07. The van der Waals surface area contributed by atoms with Gasteiger partial charge in [-0.2, -0.15) is 0 Å². The predicted molar refractivity (Wildman–Crippen MR) is 69.8 cm³/mol. The van der Waals surface area contributed by atoms with Gasteiger partial charge >= 0.3 is 0 Å².